The molecule has 210 valence electrons. The Kier molecular flexibility index (Phi) is 7.46. The number of aliphatic hydroxyl groups is 1. The third-order valence-electron chi connectivity index (χ3n) is 8.16. The minimum Gasteiger partial charge on any atom is -0.392 e. The zero-order valence-corrected chi connectivity index (χ0v) is 23.6. The summed E-state index contributed by atoms with van der Waals surface area (Å²) in [6, 6.07) is 6.81. The van der Waals surface area contributed by atoms with E-state index in [0.29, 0.717) is 38.8 Å². The summed E-state index contributed by atoms with van der Waals surface area (Å²) >= 11 is 1.24. The van der Waals surface area contributed by atoms with Gasteiger partial charge in [-0.3, -0.25) is 9.80 Å². The number of fused-ring (bicyclic) bond motifs is 1. The number of thiazole rings is 1. The van der Waals surface area contributed by atoms with Gasteiger partial charge in [-0.15, -0.1) is 0 Å². The second kappa shape index (κ2) is 10.9. The molecule has 0 radical (unpaired) electrons. The molecule has 1 aromatic carbocycles. The number of benzene rings is 1. The first-order chi connectivity index (χ1) is 18.8. The first kappa shape index (κ1) is 26.8. The lowest BCUT2D eigenvalue weighted by Crippen LogP contribution is -2.50. The molecule has 39 heavy (non-hydrogen) atoms. The molecule has 0 bridgehead atoms. The predicted molar refractivity (Wildman–Crippen MR) is 147 cm³/mol. The molecule has 3 fully saturated rings. The zero-order chi connectivity index (χ0) is 27.1. The first-order valence-electron chi connectivity index (χ1n) is 13.4. The van der Waals surface area contributed by atoms with Crippen molar-refractivity contribution < 1.29 is 17.9 Å². The minimum absolute atomic E-state index is 0.00649. The van der Waals surface area contributed by atoms with Crippen LogP contribution in [-0.2, 0) is 16.6 Å². The Morgan fingerprint density at radius 1 is 1.08 bits per heavy atom. The van der Waals surface area contributed by atoms with E-state index in [1.165, 1.54) is 29.7 Å². The van der Waals surface area contributed by atoms with Crippen molar-refractivity contribution in [1.82, 2.24) is 28.6 Å². The van der Waals surface area contributed by atoms with Crippen LogP contribution < -0.4 is 4.90 Å². The van der Waals surface area contributed by atoms with Gasteiger partial charge in [0.2, 0.25) is 0 Å². The molecule has 3 aliphatic rings. The molecule has 13 heteroatoms. The Morgan fingerprint density at radius 3 is 2.62 bits per heavy atom. The van der Waals surface area contributed by atoms with E-state index in [0.717, 1.165) is 49.0 Å². The molecular formula is C26H34FN7O3S2. The second-order valence-electron chi connectivity index (χ2n) is 10.6. The maximum Gasteiger partial charge on any atom is 0.254 e. The van der Waals surface area contributed by atoms with Gasteiger partial charge in [0.1, 0.15) is 5.82 Å². The number of nitrogens with zero attached hydrogens (tertiary/aromatic N) is 7. The van der Waals surface area contributed by atoms with E-state index in [9.17, 15) is 17.9 Å². The fourth-order valence-corrected chi connectivity index (χ4v) is 8.63. The zero-order valence-electron chi connectivity index (χ0n) is 21.9. The van der Waals surface area contributed by atoms with Crippen LogP contribution in [0.4, 0.5) is 9.52 Å². The molecule has 1 unspecified atom stereocenters. The van der Waals surface area contributed by atoms with Crippen LogP contribution in [0.25, 0.3) is 0 Å². The van der Waals surface area contributed by atoms with E-state index in [1.807, 2.05) is 6.20 Å². The number of rotatable bonds is 7. The lowest BCUT2D eigenvalue weighted by molar-refractivity contribution is 0.173. The second-order valence-corrected chi connectivity index (χ2v) is 13.8. The highest BCUT2D eigenvalue weighted by atomic mass is 32.2. The number of sulfonamides is 1. The number of hydrogen-bond acceptors (Lipinski definition) is 9. The highest BCUT2D eigenvalue weighted by molar-refractivity contribution is 7.91. The monoisotopic (exact) mass is 575 g/mol. The van der Waals surface area contributed by atoms with Crippen LogP contribution in [0.15, 0.2) is 47.2 Å². The number of aromatic nitrogens is 3. The van der Waals surface area contributed by atoms with Gasteiger partial charge in [-0.2, -0.15) is 4.31 Å². The van der Waals surface area contributed by atoms with E-state index in [4.69, 9.17) is 0 Å². The van der Waals surface area contributed by atoms with Gasteiger partial charge in [0, 0.05) is 71.1 Å². The number of hydrogen-bond donors (Lipinski definition) is 1. The van der Waals surface area contributed by atoms with Crippen molar-refractivity contribution in [3.63, 3.8) is 0 Å². The summed E-state index contributed by atoms with van der Waals surface area (Å²) in [5, 5.41) is 10.7. The van der Waals surface area contributed by atoms with Crippen LogP contribution in [0, 0.1) is 5.82 Å². The predicted octanol–water partition coefficient (Wildman–Crippen LogP) is 1.85. The van der Waals surface area contributed by atoms with Gasteiger partial charge < -0.3 is 14.6 Å². The van der Waals surface area contributed by atoms with Crippen LogP contribution >= 0.6 is 11.3 Å². The van der Waals surface area contributed by atoms with E-state index >= 15 is 0 Å². The fraction of sp³-hybridized carbons (Fsp3) is 0.538. The summed E-state index contributed by atoms with van der Waals surface area (Å²) in [5.41, 5.74) is 2.03. The highest BCUT2D eigenvalue weighted by Crippen LogP contribution is 2.32. The largest absolute Gasteiger partial charge is 0.392 e. The lowest BCUT2D eigenvalue weighted by atomic mass is 10.1. The number of aliphatic hydroxyl groups excluding tert-OH is 1. The molecule has 0 amide bonds. The Labute approximate surface area is 232 Å². The Morgan fingerprint density at radius 2 is 1.85 bits per heavy atom. The molecule has 3 saturated heterocycles. The van der Waals surface area contributed by atoms with Crippen LogP contribution in [0.2, 0.25) is 0 Å². The van der Waals surface area contributed by atoms with E-state index in [1.54, 1.807) is 22.8 Å². The number of imidazole rings is 1. The molecule has 3 aromatic rings. The number of anilines is 1. The maximum absolute atomic E-state index is 13.4. The van der Waals surface area contributed by atoms with Gasteiger partial charge in [0.15, 0.2) is 9.34 Å². The molecule has 0 spiro atoms. The molecule has 0 aliphatic carbocycles. The van der Waals surface area contributed by atoms with Crippen molar-refractivity contribution >= 4 is 26.5 Å². The normalized spacial score (nSPS) is 24.2. The smallest absolute Gasteiger partial charge is 0.254 e. The van der Waals surface area contributed by atoms with Crippen molar-refractivity contribution in [3.05, 3.63) is 60.1 Å². The van der Waals surface area contributed by atoms with Crippen LogP contribution in [0.3, 0.4) is 0 Å². The molecule has 0 saturated carbocycles. The standard InChI is InChI=1S/C26H34FN7O3S2/c1-19(20-2-4-21(27)5-3-20)34-18-28-13-23(34)15-30-6-10-33(11-7-30)39(36,37)25-14-29-26(38-25)32-9-8-31-17-24(35)12-22(31)16-32/h2-5,13-14,18-19,22,24,35H,6-12,15-17H2,1H3/t19-,22?,24-/m1/s1. The molecule has 1 N–H and O–H groups in total. The van der Waals surface area contributed by atoms with Crippen molar-refractivity contribution in [2.24, 2.45) is 0 Å². The molecule has 3 aliphatic heterocycles. The summed E-state index contributed by atoms with van der Waals surface area (Å²) in [6.07, 6.45) is 5.60. The molecule has 6 rings (SSSR count). The van der Waals surface area contributed by atoms with E-state index in [-0.39, 0.29) is 22.2 Å². The molecule has 5 heterocycles. The minimum atomic E-state index is -3.62. The van der Waals surface area contributed by atoms with Crippen LogP contribution in [-0.4, -0.2) is 107 Å². The fourth-order valence-electron chi connectivity index (χ4n) is 5.90. The topological polar surface area (TPSA) is 98.0 Å². The van der Waals surface area contributed by atoms with Gasteiger partial charge >= 0.3 is 0 Å². The quantitative estimate of drug-likeness (QED) is 0.456. The van der Waals surface area contributed by atoms with Crippen LogP contribution in [0.5, 0.6) is 0 Å². The Bertz CT molecular complexity index is 1390. The van der Waals surface area contributed by atoms with Gasteiger partial charge in [-0.1, -0.05) is 23.5 Å². The van der Waals surface area contributed by atoms with Crippen molar-refractivity contribution in [2.45, 2.75) is 42.3 Å². The van der Waals surface area contributed by atoms with Crippen molar-refractivity contribution in [1.29, 1.82) is 0 Å². The average Bonchev–Trinajstić information content (AvgIpc) is 3.68. The van der Waals surface area contributed by atoms with Gasteiger partial charge in [0.25, 0.3) is 10.0 Å². The maximum atomic E-state index is 13.4. The molecular weight excluding hydrogens is 541 g/mol. The first-order valence-corrected chi connectivity index (χ1v) is 15.6. The third-order valence-corrected chi connectivity index (χ3v) is 11.6. The third kappa shape index (κ3) is 5.48. The van der Waals surface area contributed by atoms with Gasteiger partial charge in [-0.25, -0.2) is 22.8 Å². The van der Waals surface area contributed by atoms with Crippen molar-refractivity contribution in [3.8, 4) is 0 Å². The molecule has 10 nitrogen and oxygen atoms in total. The Balaban J connectivity index is 1.06. The van der Waals surface area contributed by atoms with Gasteiger partial charge in [0.05, 0.1) is 30.4 Å². The summed E-state index contributed by atoms with van der Waals surface area (Å²) in [4.78, 5) is 15.5. The van der Waals surface area contributed by atoms with Gasteiger partial charge in [-0.05, 0) is 31.0 Å². The lowest BCUT2D eigenvalue weighted by Gasteiger charge is -2.37. The number of piperazine rings is 2. The van der Waals surface area contributed by atoms with Crippen LogP contribution in [0.1, 0.15) is 30.6 Å². The summed E-state index contributed by atoms with van der Waals surface area (Å²) in [5.74, 6) is -0.258. The van der Waals surface area contributed by atoms with E-state index < -0.39 is 10.0 Å². The SMILES string of the molecule is C[C@H](c1ccc(F)cc1)n1cncc1CN1CCN(S(=O)(=O)c2cnc(N3CCN4C[C@H](O)CC4C3)s2)CC1. The summed E-state index contributed by atoms with van der Waals surface area (Å²) in [7, 11) is -3.62. The molecule has 3 atom stereocenters. The van der Waals surface area contributed by atoms with Crippen molar-refractivity contribution in [2.75, 3.05) is 57.3 Å². The Hall–Kier alpha value is -2.42. The highest BCUT2D eigenvalue weighted by Gasteiger charge is 2.37. The number of halogens is 1. The summed E-state index contributed by atoms with van der Waals surface area (Å²) in [6.45, 7) is 7.90. The average molecular weight is 576 g/mol. The van der Waals surface area contributed by atoms with E-state index in [2.05, 4.69) is 36.2 Å². The molecule has 2 aromatic heterocycles. The summed E-state index contributed by atoms with van der Waals surface area (Å²) < 4.78 is 44.2.